The van der Waals surface area contributed by atoms with Gasteiger partial charge in [-0.3, -0.25) is 4.79 Å². The molecule has 0 heterocycles. The van der Waals surface area contributed by atoms with Gasteiger partial charge in [0.05, 0.1) is 19.8 Å². The largest absolute Gasteiger partial charge is 0.496 e. The zero-order valence-corrected chi connectivity index (χ0v) is 19.3. The van der Waals surface area contributed by atoms with E-state index in [1.54, 1.807) is 26.4 Å². The quantitative estimate of drug-likeness (QED) is 0.658. The Balaban J connectivity index is 2.08. The molecule has 0 saturated heterocycles. The topological polar surface area (TPSA) is 81.8 Å². The van der Waals surface area contributed by atoms with Gasteiger partial charge in [0.25, 0.3) is 5.91 Å². The van der Waals surface area contributed by atoms with Crippen LogP contribution in [0.3, 0.4) is 0 Å². The standard InChI is InChI=1S/C26H33NO4/c1-25(2)13-14-26(3,4)21-19(25)15-20(30-5)18(23(21)31-6)12-9-16-7-10-17(11-8-16)22(28)24(27)29/h7-12,15,22,28H,13-14H2,1-6H3,(H2,27,29)/b12-9+. The Kier molecular flexibility index (Phi) is 6.19. The number of carbonyl (C=O) groups is 1. The van der Waals surface area contributed by atoms with Crippen LogP contribution in [0, 0.1) is 0 Å². The van der Waals surface area contributed by atoms with E-state index in [0.29, 0.717) is 5.56 Å². The number of aliphatic hydroxyl groups excluding tert-OH is 1. The first-order valence-electron chi connectivity index (χ1n) is 10.6. The van der Waals surface area contributed by atoms with Crippen LogP contribution >= 0.6 is 0 Å². The summed E-state index contributed by atoms with van der Waals surface area (Å²) in [6, 6.07) is 9.22. The zero-order valence-electron chi connectivity index (χ0n) is 19.3. The number of hydrogen-bond donors (Lipinski definition) is 2. The first kappa shape index (κ1) is 22.9. The van der Waals surface area contributed by atoms with Gasteiger partial charge in [-0.05, 0) is 52.5 Å². The van der Waals surface area contributed by atoms with Gasteiger partial charge >= 0.3 is 0 Å². The second kappa shape index (κ2) is 8.39. The van der Waals surface area contributed by atoms with Crippen LogP contribution in [0.25, 0.3) is 12.2 Å². The summed E-state index contributed by atoms with van der Waals surface area (Å²) in [7, 11) is 3.39. The lowest BCUT2D eigenvalue weighted by Crippen LogP contribution is -2.34. The first-order valence-corrected chi connectivity index (χ1v) is 10.6. The second-order valence-electron chi connectivity index (χ2n) is 9.52. The van der Waals surface area contributed by atoms with Crippen LogP contribution in [0.1, 0.15) is 74.5 Å². The minimum Gasteiger partial charge on any atom is -0.496 e. The fraction of sp³-hybridized carbons (Fsp3) is 0.423. The average Bonchev–Trinajstić information content (AvgIpc) is 2.74. The number of benzene rings is 2. The van der Waals surface area contributed by atoms with Crippen molar-refractivity contribution in [2.24, 2.45) is 5.73 Å². The normalized spacial score (nSPS) is 17.8. The molecule has 1 atom stereocenters. The minimum atomic E-state index is -1.30. The highest BCUT2D eigenvalue weighted by Gasteiger charge is 2.40. The SMILES string of the molecule is COc1cc2c(c(OC)c1/C=C/c1ccc(C(O)C(N)=O)cc1)C(C)(C)CCC2(C)C. The van der Waals surface area contributed by atoms with E-state index in [0.717, 1.165) is 35.5 Å². The Morgan fingerprint density at radius 3 is 2.19 bits per heavy atom. The Morgan fingerprint density at radius 1 is 1.03 bits per heavy atom. The lowest BCUT2D eigenvalue weighted by molar-refractivity contribution is -0.126. The number of rotatable bonds is 6. The summed E-state index contributed by atoms with van der Waals surface area (Å²) in [6.07, 6.45) is 4.86. The molecule has 166 valence electrons. The molecular formula is C26H33NO4. The number of fused-ring (bicyclic) bond motifs is 1. The van der Waals surface area contributed by atoms with Crippen LogP contribution in [0.2, 0.25) is 0 Å². The maximum atomic E-state index is 11.2. The van der Waals surface area contributed by atoms with E-state index < -0.39 is 12.0 Å². The molecule has 1 aliphatic carbocycles. The lowest BCUT2D eigenvalue weighted by Gasteiger charge is -2.43. The summed E-state index contributed by atoms with van der Waals surface area (Å²) in [5.74, 6) is 0.861. The number of methoxy groups -OCH3 is 2. The summed E-state index contributed by atoms with van der Waals surface area (Å²) in [6.45, 7) is 9.09. The van der Waals surface area contributed by atoms with Crippen molar-refractivity contribution in [1.29, 1.82) is 0 Å². The molecule has 5 nitrogen and oxygen atoms in total. The molecule has 3 rings (SSSR count). The van der Waals surface area contributed by atoms with E-state index in [1.165, 1.54) is 11.1 Å². The molecule has 5 heteroatoms. The predicted molar refractivity (Wildman–Crippen MR) is 124 cm³/mol. The molecule has 0 saturated carbocycles. The fourth-order valence-electron chi connectivity index (χ4n) is 4.41. The summed E-state index contributed by atoms with van der Waals surface area (Å²) in [4.78, 5) is 11.2. The Morgan fingerprint density at radius 2 is 1.65 bits per heavy atom. The van der Waals surface area contributed by atoms with Gasteiger partial charge in [-0.1, -0.05) is 58.0 Å². The van der Waals surface area contributed by atoms with E-state index in [2.05, 4.69) is 33.8 Å². The molecule has 0 aliphatic heterocycles. The number of hydrogen-bond acceptors (Lipinski definition) is 4. The molecule has 0 fully saturated rings. The first-order chi connectivity index (χ1) is 14.5. The smallest absolute Gasteiger partial charge is 0.250 e. The van der Waals surface area contributed by atoms with E-state index in [1.807, 2.05) is 24.3 Å². The summed E-state index contributed by atoms with van der Waals surface area (Å²) in [5.41, 5.74) is 10.0. The lowest BCUT2D eigenvalue weighted by atomic mass is 9.62. The van der Waals surface area contributed by atoms with Crippen molar-refractivity contribution in [1.82, 2.24) is 0 Å². The zero-order chi connectivity index (χ0) is 23.0. The third-order valence-corrected chi connectivity index (χ3v) is 6.45. The van der Waals surface area contributed by atoms with Gasteiger partial charge in [-0.15, -0.1) is 0 Å². The van der Waals surface area contributed by atoms with Gasteiger partial charge in [0.2, 0.25) is 0 Å². The predicted octanol–water partition coefficient (Wildman–Crippen LogP) is 4.74. The van der Waals surface area contributed by atoms with Crippen molar-refractivity contribution in [3.05, 3.63) is 58.1 Å². The van der Waals surface area contributed by atoms with E-state index >= 15 is 0 Å². The van der Waals surface area contributed by atoms with Gasteiger partial charge in [0.15, 0.2) is 6.10 Å². The van der Waals surface area contributed by atoms with Crippen LogP contribution in [0.4, 0.5) is 0 Å². The molecular weight excluding hydrogens is 390 g/mol. The molecule has 0 bridgehead atoms. The van der Waals surface area contributed by atoms with Crippen LogP contribution in [0.15, 0.2) is 30.3 Å². The molecule has 0 radical (unpaired) electrons. The van der Waals surface area contributed by atoms with E-state index in [9.17, 15) is 9.90 Å². The molecule has 1 unspecified atom stereocenters. The number of nitrogens with two attached hydrogens (primary N) is 1. The number of amides is 1. The Bertz CT molecular complexity index is 1000. The van der Waals surface area contributed by atoms with Crippen molar-refractivity contribution in [3.8, 4) is 11.5 Å². The maximum absolute atomic E-state index is 11.2. The van der Waals surface area contributed by atoms with Crippen LogP contribution in [-0.4, -0.2) is 25.2 Å². The summed E-state index contributed by atoms with van der Waals surface area (Å²) < 4.78 is 11.7. The minimum absolute atomic E-state index is 0.00238. The van der Waals surface area contributed by atoms with Crippen molar-refractivity contribution < 1.29 is 19.4 Å². The third kappa shape index (κ3) is 4.33. The van der Waals surface area contributed by atoms with Crippen molar-refractivity contribution in [2.75, 3.05) is 14.2 Å². The Hall–Kier alpha value is -2.79. The van der Waals surface area contributed by atoms with Crippen molar-refractivity contribution >= 4 is 18.1 Å². The van der Waals surface area contributed by atoms with Crippen LogP contribution in [0.5, 0.6) is 11.5 Å². The van der Waals surface area contributed by atoms with Gasteiger partial charge < -0.3 is 20.3 Å². The number of carbonyl (C=O) groups excluding carboxylic acids is 1. The second-order valence-corrected chi connectivity index (χ2v) is 9.52. The molecule has 0 spiro atoms. The maximum Gasteiger partial charge on any atom is 0.250 e. The number of ether oxygens (including phenoxy) is 2. The number of primary amides is 1. The van der Waals surface area contributed by atoms with Crippen LogP contribution < -0.4 is 15.2 Å². The molecule has 1 amide bonds. The van der Waals surface area contributed by atoms with Gasteiger partial charge in [0, 0.05) is 5.56 Å². The molecule has 0 aromatic heterocycles. The monoisotopic (exact) mass is 423 g/mol. The van der Waals surface area contributed by atoms with Crippen LogP contribution in [-0.2, 0) is 15.6 Å². The highest BCUT2D eigenvalue weighted by molar-refractivity contribution is 5.81. The van der Waals surface area contributed by atoms with Gasteiger partial charge in [-0.25, -0.2) is 0 Å². The third-order valence-electron chi connectivity index (χ3n) is 6.45. The summed E-state index contributed by atoms with van der Waals surface area (Å²) in [5, 5.41) is 9.81. The van der Waals surface area contributed by atoms with Gasteiger partial charge in [-0.2, -0.15) is 0 Å². The molecule has 31 heavy (non-hydrogen) atoms. The summed E-state index contributed by atoms with van der Waals surface area (Å²) >= 11 is 0. The Labute approximate surface area is 184 Å². The number of aliphatic hydroxyl groups is 1. The van der Waals surface area contributed by atoms with Crippen molar-refractivity contribution in [3.63, 3.8) is 0 Å². The van der Waals surface area contributed by atoms with Gasteiger partial charge in [0.1, 0.15) is 11.5 Å². The average molecular weight is 424 g/mol. The van der Waals surface area contributed by atoms with E-state index in [-0.39, 0.29) is 10.8 Å². The molecule has 2 aromatic rings. The molecule has 1 aliphatic rings. The highest BCUT2D eigenvalue weighted by atomic mass is 16.5. The highest BCUT2D eigenvalue weighted by Crippen LogP contribution is 2.52. The molecule has 3 N–H and O–H groups in total. The molecule has 2 aromatic carbocycles. The van der Waals surface area contributed by atoms with Crippen molar-refractivity contribution in [2.45, 2.75) is 57.5 Å². The van der Waals surface area contributed by atoms with E-state index in [4.69, 9.17) is 15.2 Å². The fourth-order valence-corrected chi connectivity index (χ4v) is 4.41.